The minimum Gasteiger partial charge on any atom is -0.362 e. The summed E-state index contributed by atoms with van der Waals surface area (Å²) >= 11 is 0. The van der Waals surface area contributed by atoms with Crippen molar-refractivity contribution in [3.8, 4) is 0 Å². The van der Waals surface area contributed by atoms with Gasteiger partial charge in [-0.05, 0) is 26.0 Å². The van der Waals surface area contributed by atoms with Crippen molar-refractivity contribution in [3.05, 3.63) is 41.9 Å². The van der Waals surface area contributed by atoms with Gasteiger partial charge in [-0.25, -0.2) is 14.8 Å². The third kappa shape index (κ3) is 3.38. The molecule has 1 fully saturated rings. The Morgan fingerprint density at radius 2 is 2.07 bits per heavy atom. The third-order valence-electron chi connectivity index (χ3n) is 5.02. The smallest absolute Gasteiger partial charge is 0.328 e. The number of carbonyl (C=O) groups is 3. The SMILES string of the molecule is CCN1C(=O)C2NC(c3ccc(NCC(=O)c4ccno4)nc3)=NC2N(CC)C1=O. The number of likely N-dealkylation sites (N-methyl/N-ethyl adjacent to an activating group) is 2. The van der Waals surface area contributed by atoms with E-state index in [9.17, 15) is 14.4 Å². The number of hydrogen-bond acceptors (Lipinski definition) is 9. The van der Waals surface area contributed by atoms with Gasteiger partial charge in [-0.3, -0.25) is 19.4 Å². The van der Waals surface area contributed by atoms with Crippen LogP contribution in [0.5, 0.6) is 0 Å². The van der Waals surface area contributed by atoms with E-state index in [0.717, 1.165) is 0 Å². The van der Waals surface area contributed by atoms with Crippen LogP contribution in [-0.2, 0) is 4.79 Å². The molecule has 0 aromatic carbocycles. The molecule has 11 heteroatoms. The first kappa shape index (κ1) is 19.6. The summed E-state index contributed by atoms with van der Waals surface area (Å²) in [6.45, 7) is 4.39. The lowest BCUT2D eigenvalue weighted by atomic mass is 10.1. The standard InChI is InChI=1S/C19H21N7O4/c1-3-25-17-15(18(28)26(4-2)19(25)29)23-16(24-17)11-5-6-14(20-9-11)21-10-12(27)13-7-8-22-30-13/h5-9,15,17H,3-4,10H2,1-2H3,(H,20,21)(H,23,24). The molecule has 3 amide bonds. The van der Waals surface area contributed by atoms with E-state index in [2.05, 4.69) is 25.8 Å². The topological polar surface area (TPSA) is 133 Å². The van der Waals surface area contributed by atoms with Crippen LogP contribution in [0, 0.1) is 0 Å². The normalized spacial score (nSPS) is 20.7. The van der Waals surface area contributed by atoms with Gasteiger partial charge in [0.25, 0.3) is 5.91 Å². The molecule has 2 atom stereocenters. The van der Waals surface area contributed by atoms with Crippen LogP contribution in [-0.4, -0.2) is 75.3 Å². The number of anilines is 1. The lowest BCUT2D eigenvalue weighted by Gasteiger charge is -2.39. The van der Waals surface area contributed by atoms with Crippen molar-refractivity contribution in [3.63, 3.8) is 0 Å². The predicted molar refractivity (Wildman–Crippen MR) is 106 cm³/mol. The zero-order valence-corrected chi connectivity index (χ0v) is 16.5. The van der Waals surface area contributed by atoms with Gasteiger partial charge in [0.1, 0.15) is 17.7 Å². The number of amides is 3. The highest BCUT2D eigenvalue weighted by atomic mass is 16.5. The number of carbonyl (C=O) groups excluding carboxylic acids is 3. The van der Waals surface area contributed by atoms with Crippen LogP contribution < -0.4 is 10.6 Å². The second-order valence-corrected chi connectivity index (χ2v) is 6.75. The van der Waals surface area contributed by atoms with Crippen LogP contribution >= 0.6 is 0 Å². The van der Waals surface area contributed by atoms with Gasteiger partial charge in [-0.1, -0.05) is 5.16 Å². The monoisotopic (exact) mass is 411 g/mol. The van der Waals surface area contributed by atoms with Gasteiger partial charge in [0.05, 0.1) is 12.7 Å². The van der Waals surface area contributed by atoms with Gasteiger partial charge in [0.2, 0.25) is 11.5 Å². The third-order valence-corrected chi connectivity index (χ3v) is 5.02. The number of hydrogen-bond donors (Lipinski definition) is 2. The summed E-state index contributed by atoms with van der Waals surface area (Å²) in [7, 11) is 0. The molecule has 2 unspecified atom stereocenters. The summed E-state index contributed by atoms with van der Waals surface area (Å²) in [5.41, 5.74) is 0.677. The number of imide groups is 1. The Labute approximate surface area is 172 Å². The molecule has 0 bridgehead atoms. The zero-order chi connectivity index (χ0) is 21.3. The highest BCUT2D eigenvalue weighted by Crippen LogP contribution is 2.24. The van der Waals surface area contributed by atoms with E-state index in [1.807, 2.05) is 6.92 Å². The van der Waals surface area contributed by atoms with Crippen molar-refractivity contribution < 1.29 is 18.9 Å². The van der Waals surface area contributed by atoms with Crippen LogP contribution in [0.1, 0.15) is 30.0 Å². The summed E-state index contributed by atoms with van der Waals surface area (Å²) < 4.78 is 4.82. The molecule has 1 saturated heterocycles. The number of urea groups is 1. The second kappa shape index (κ2) is 7.93. The average molecular weight is 411 g/mol. The fourth-order valence-electron chi connectivity index (χ4n) is 3.46. The average Bonchev–Trinajstić information content (AvgIpc) is 3.44. The van der Waals surface area contributed by atoms with Gasteiger partial charge in [-0.2, -0.15) is 0 Å². The van der Waals surface area contributed by atoms with Gasteiger partial charge < -0.3 is 15.2 Å². The Morgan fingerprint density at radius 3 is 2.70 bits per heavy atom. The fraction of sp³-hybridized carbons (Fsp3) is 0.368. The molecule has 0 radical (unpaired) electrons. The maximum atomic E-state index is 12.7. The Hall–Kier alpha value is -3.76. The van der Waals surface area contributed by atoms with Gasteiger partial charge in [0, 0.05) is 30.9 Å². The minimum atomic E-state index is -0.616. The Kier molecular flexibility index (Phi) is 5.17. The van der Waals surface area contributed by atoms with Gasteiger partial charge >= 0.3 is 6.03 Å². The van der Waals surface area contributed by atoms with E-state index in [-0.39, 0.29) is 30.0 Å². The fourth-order valence-corrected chi connectivity index (χ4v) is 3.46. The molecule has 0 saturated carbocycles. The maximum absolute atomic E-state index is 12.7. The van der Waals surface area contributed by atoms with E-state index in [0.29, 0.717) is 30.3 Å². The van der Waals surface area contributed by atoms with Crippen molar-refractivity contribution >= 4 is 29.4 Å². The number of amidine groups is 1. The number of nitrogens with one attached hydrogen (secondary N) is 2. The summed E-state index contributed by atoms with van der Waals surface area (Å²) in [6.07, 6.45) is 2.42. The van der Waals surface area contributed by atoms with Crippen molar-refractivity contribution in [1.29, 1.82) is 0 Å². The quantitative estimate of drug-likeness (QED) is 0.637. The van der Waals surface area contributed by atoms with E-state index in [1.54, 1.807) is 30.2 Å². The molecule has 11 nitrogen and oxygen atoms in total. The molecule has 4 heterocycles. The molecule has 2 aliphatic rings. The molecule has 2 aromatic rings. The van der Waals surface area contributed by atoms with Crippen molar-refractivity contribution in [2.24, 2.45) is 4.99 Å². The molecular weight excluding hydrogens is 390 g/mol. The predicted octanol–water partition coefficient (Wildman–Crippen LogP) is 0.713. The van der Waals surface area contributed by atoms with Crippen LogP contribution in [0.2, 0.25) is 0 Å². The minimum absolute atomic E-state index is 0.0137. The molecule has 2 aliphatic heterocycles. The number of pyridine rings is 1. The van der Waals surface area contributed by atoms with E-state index < -0.39 is 12.2 Å². The Morgan fingerprint density at radius 1 is 1.23 bits per heavy atom. The molecule has 2 aromatic heterocycles. The van der Waals surface area contributed by atoms with Gasteiger partial charge in [0.15, 0.2) is 6.17 Å². The van der Waals surface area contributed by atoms with Crippen LogP contribution in [0.25, 0.3) is 0 Å². The van der Waals surface area contributed by atoms with Crippen molar-refractivity contribution in [2.45, 2.75) is 26.1 Å². The number of fused-ring (bicyclic) bond motifs is 1. The Balaban J connectivity index is 1.46. The number of Topliss-reactive ketones (excluding diaryl/α,β-unsaturated/α-hetero) is 1. The highest BCUT2D eigenvalue weighted by Gasteiger charge is 2.48. The first-order valence-electron chi connectivity index (χ1n) is 9.64. The van der Waals surface area contributed by atoms with Crippen molar-refractivity contribution in [2.75, 3.05) is 25.0 Å². The van der Waals surface area contributed by atoms with Gasteiger partial charge in [-0.15, -0.1) is 0 Å². The van der Waals surface area contributed by atoms with E-state index in [1.165, 1.54) is 17.2 Å². The number of nitrogens with zero attached hydrogens (tertiary/aromatic N) is 5. The van der Waals surface area contributed by atoms with E-state index in [4.69, 9.17) is 4.52 Å². The summed E-state index contributed by atoms with van der Waals surface area (Å²) in [6, 6.07) is 4.03. The first-order valence-corrected chi connectivity index (χ1v) is 9.64. The van der Waals surface area contributed by atoms with Crippen molar-refractivity contribution in [1.82, 2.24) is 25.3 Å². The van der Waals surface area contributed by atoms with Crippen LogP contribution in [0.15, 0.2) is 40.1 Å². The second-order valence-electron chi connectivity index (χ2n) is 6.75. The number of ketones is 1. The summed E-state index contributed by atoms with van der Waals surface area (Å²) in [5.74, 6) is 0.647. The van der Waals surface area contributed by atoms with Crippen LogP contribution in [0.3, 0.4) is 0 Å². The lowest BCUT2D eigenvalue weighted by molar-refractivity contribution is -0.134. The molecule has 30 heavy (non-hydrogen) atoms. The Bertz CT molecular complexity index is 987. The number of rotatable bonds is 7. The first-order chi connectivity index (χ1) is 14.5. The van der Waals surface area contributed by atoms with E-state index >= 15 is 0 Å². The number of aromatic nitrogens is 2. The van der Waals surface area contributed by atoms with Crippen LogP contribution in [0.4, 0.5) is 10.6 Å². The zero-order valence-electron chi connectivity index (χ0n) is 16.5. The maximum Gasteiger partial charge on any atom is 0.328 e. The lowest BCUT2D eigenvalue weighted by Crippen LogP contribution is -2.65. The summed E-state index contributed by atoms with van der Waals surface area (Å²) in [4.78, 5) is 48.8. The molecule has 2 N–H and O–H groups in total. The molecular formula is C19H21N7O4. The molecule has 156 valence electrons. The molecule has 4 rings (SSSR count). The summed E-state index contributed by atoms with van der Waals surface area (Å²) in [5, 5.41) is 9.55. The largest absolute Gasteiger partial charge is 0.362 e. The molecule has 0 aliphatic carbocycles. The number of aliphatic imine (C=N–C) groups is 1. The highest BCUT2D eigenvalue weighted by molar-refractivity contribution is 6.08. The molecule has 0 spiro atoms.